The van der Waals surface area contributed by atoms with Crippen LogP contribution in [0.15, 0.2) is 12.3 Å². The summed E-state index contributed by atoms with van der Waals surface area (Å²) in [4.78, 5) is 16.8. The average Bonchev–Trinajstić information content (AvgIpc) is 3.18. The van der Waals surface area contributed by atoms with Crippen LogP contribution in [-0.2, 0) is 0 Å². The molecule has 3 N–H and O–H groups in total. The van der Waals surface area contributed by atoms with Crippen LogP contribution in [0.25, 0.3) is 0 Å². The second kappa shape index (κ2) is 6.76. The molecule has 0 radical (unpaired) electrons. The number of hydrogen-bond donors (Lipinski definition) is 3. The van der Waals surface area contributed by atoms with Crippen molar-refractivity contribution in [1.82, 2.24) is 25.3 Å². The molecule has 0 aromatic carbocycles. The van der Waals surface area contributed by atoms with Crippen molar-refractivity contribution in [1.29, 1.82) is 0 Å². The maximum absolute atomic E-state index is 12.1. The van der Waals surface area contributed by atoms with Crippen LogP contribution in [0.4, 0.5) is 0 Å². The normalized spacial score (nSPS) is 28.1. The predicted octanol–water partition coefficient (Wildman–Crippen LogP) is -0.331. The Kier molecular flexibility index (Phi) is 4.75. The Balaban J connectivity index is 1.52. The smallest absolute Gasteiger partial charge is 0.269 e. The first kappa shape index (κ1) is 15.5. The number of aromatic nitrogens is 2. The molecule has 2 aliphatic heterocycles. The number of β-amino-alcohol motifs (C(OH)–C–C–N with tert-alkyl or cyclic N) is 1. The van der Waals surface area contributed by atoms with Gasteiger partial charge in [-0.2, -0.15) is 5.10 Å². The molecule has 1 aromatic heterocycles. The molecule has 2 atom stereocenters. The second-order valence-electron chi connectivity index (χ2n) is 6.24. The van der Waals surface area contributed by atoms with Gasteiger partial charge in [-0.25, -0.2) is 0 Å². The third-order valence-electron chi connectivity index (χ3n) is 4.90. The summed E-state index contributed by atoms with van der Waals surface area (Å²) in [5.74, 6) is -0.204. The lowest BCUT2D eigenvalue weighted by Gasteiger charge is -2.36. The molecule has 0 unspecified atom stereocenters. The number of carbonyl (C=O) groups excluding carboxylic acids is 1. The number of amides is 1. The average molecular weight is 307 g/mol. The standard InChI is InChI=1S/C15H25N5O2/c1-2-19-7-4-11(5-8-19)20-9-13(14(21)10-20)17-15(22)12-3-6-16-18-12/h3,6,11,13-14,21H,2,4-5,7-10H2,1H3,(H,16,18)(H,17,22)/t13-,14-/m1/s1. The summed E-state index contributed by atoms with van der Waals surface area (Å²) in [5, 5.41) is 19.6. The van der Waals surface area contributed by atoms with E-state index < -0.39 is 6.10 Å². The number of aliphatic hydroxyl groups excluding tert-OH is 1. The summed E-state index contributed by atoms with van der Waals surface area (Å²) in [7, 11) is 0. The Morgan fingerprint density at radius 3 is 2.86 bits per heavy atom. The van der Waals surface area contributed by atoms with Crippen molar-refractivity contribution in [3.8, 4) is 0 Å². The number of aromatic amines is 1. The van der Waals surface area contributed by atoms with Gasteiger partial charge in [0, 0.05) is 25.3 Å². The van der Waals surface area contributed by atoms with Crippen LogP contribution in [0.2, 0.25) is 0 Å². The fourth-order valence-corrected chi connectivity index (χ4v) is 3.49. The van der Waals surface area contributed by atoms with Crippen LogP contribution in [0.5, 0.6) is 0 Å². The molecule has 1 amide bonds. The van der Waals surface area contributed by atoms with Gasteiger partial charge in [0.1, 0.15) is 5.69 Å². The number of hydrogen-bond acceptors (Lipinski definition) is 5. The third kappa shape index (κ3) is 3.31. The number of rotatable bonds is 4. The molecule has 0 aliphatic carbocycles. The lowest BCUT2D eigenvalue weighted by atomic mass is 10.0. The SMILES string of the molecule is CCN1CCC(N2C[C@@H](O)[C@H](NC(=O)c3ccn[nH]3)C2)CC1. The molecular weight excluding hydrogens is 282 g/mol. The first-order chi connectivity index (χ1) is 10.7. The molecule has 2 fully saturated rings. The Labute approximate surface area is 130 Å². The van der Waals surface area contributed by atoms with Crippen molar-refractivity contribution in [3.63, 3.8) is 0 Å². The molecule has 1 aromatic rings. The van der Waals surface area contributed by atoms with Gasteiger partial charge in [0.05, 0.1) is 12.1 Å². The molecular formula is C15H25N5O2. The number of nitrogens with zero attached hydrogens (tertiary/aromatic N) is 3. The quantitative estimate of drug-likeness (QED) is 0.709. The maximum Gasteiger partial charge on any atom is 0.269 e. The van der Waals surface area contributed by atoms with Crippen molar-refractivity contribution < 1.29 is 9.90 Å². The van der Waals surface area contributed by atoms with Crippen LogP contribution >= 0.6 is 0 Å². The molecule has 7 heteroatoms. The number of H-pyrrole nitrogens is 1. The summed E-state index contributed by atoms with van der Waals surface area (Å²) < 4.78 is 0. The minimum atomic E-state index is -0.504. The fourth-order valence-electron chi connectivity index (χ4n) is 3.49. The van der Waals surface area contributed by atoms with Gasteiger partial charge in [0.25, 0.3) is 5.91 Å². The van der Waals surface area contributed by atoms with E-state index in [-0.39, 0.29) is 11.9 Å². The zero-order valence-electron chi connectivity index (χ0n) is 13.0. The first-order valence-corrected chi connectivity index (χ1v) is 8.12. The van der Waals surface area contributed by atoms with Gasteiger partial charge in [-0.15, -0.1) is 0 Å². The summed E-state index contributed by atoms with van der Waals surface area (Å²) >= 11 is 0. The minimum Gasteiger partial charge on any atom is -0.390 e. The van der Waals surface area contributed by atoms with Gasteiger partial charge in [0.15, 0.2) is 0 Å². The van der Waals surface area contributed by atoms with Crippen molar-refractivity contribution in [2.75, 3.05) is 32.7 Å². The fraction of sp³-hybridized carbons (Fsp3) is 0.733. The Bertz CT molecular complexity index is 484. The van der Waals surface area contributed by atoms with Crippen LogP contribution < -0.4 is 5.32 Å². The van der Waals surface area contributed by atoms with Crippen LogP contribution in [-0.4, -0.2) is 81.9 Å². The molecule has 2 aliphatic rings. The summed E-state index contributed by atoms with van der Waals surface area (Å²) in [6, 6.07) is 1.95. The van der Waals surface area contributed by atoms with E-state index in [1.165, 1.54) is 0 Å². The molecule has 3 rings (SSSR count). The van der Waals surface area contributed by atoms with Gasteiger partial charge < -0.3 is 15.3 Å². The van der Waals surface area contributed by atoms with Crippen molar-refractivity contribution >= 4 is 5.91 Å². The van der Waals surface area contributed by atoms with Gasteiger partial charge in [-0.1, -0.05) is 6.92 Å². The van der Waals surface area contributed by atoms with Crippen LogP contribution in [0.1, 0.15) is 30.3 Å². The molecule has 0 spiro atoms. The van der Waals surface area contributed by atoms with E-state index >= 15 is 0 Å². The third-order valence-corrected chi connectivity index (χ3v) is 4.90. The zero-order valence-corrected chi connectivity index (χ0v) is 13.0. The molecule has 122 valence electrons. The molecule has 3 heterocycles. The van der Waals surface area contributed by atoms with Crippen molar-refractivity contribution in [2.24, 2.45) is 0 Å². The second-order valence-corrected chi connectivity index (χ2v) is 6.24. The summed E-state index contributed by atoms with van der Waals surface area (Å²) in [6.45, 7) is 6.92. The number of likely N-dealkylation sites (tertiary alicyclic amines) is 2. The van der Waals surface area contributed by atoms with E-state index in [2.05, 4.69) is 32.2 Å². The molecule has 22 heavy (non-hydrogen) atoms. The highest BCUT2D eigenvalue weighted by Crippen LogP contribution is 2.21. The van der Waals surface area contributed by atoms with E-state index in [0.717, 1.165) is 39.0 Å². The predicted molar refractivity (Wildman–Crippen MR) is 82.6 cm³/mol. The number of carbonyl (C=O) groups is 1. The van der Waals surface area contributed by atoms with E-state index in [9.17, 15) is 9.90 Å². The zero-order chi connectivity index (χ0) is 15.5. The Hall–Kier alpha value is -1.44. The van der Waals surface area contributed by atoms with Crippen LogP contribution in [0, 0.1) is 0 Å². The maximum atomic E-state index is 12.1. The lowest BCUT2D eigenvalue weighted by Crippen LogP contribution is -2.45. The van der Waals surface area contributed by atoms with E-state index in [0.29, 0.717) is 18.3 Å². The van der Waals surface area contributed by atoms with Crippen LogP contribution in [0.3, 0.4) is 0 Å². The molecule has 0 saturated carbocycles. The Morgan fingerprint density at radius 2 is 2.23 bits per heavy atom. The van der Waals surface area contributed by atoms with Gasteiger partial charge in [-0.3, -0.25) is 14.8 Å². The monoisotopic (exact) mass is 307 g/mol. The van der Waals surface area contributed by atoms with Crippen molar-refractivity contribution in [3.05, 3.63) is 18.0 Å². The van der Waals surface area contributed by atoms with E-state index in [1.54, 1.807) is 12.3 Å². The van der Waals surface area contributed by atoms with E-state index in [4.69, 9.17) is 0 Å². The lowest BCUT2D eigenvalue weighted by molar-refractivity contribution is 0.0881. The van der Waals surface area contributed by atoms with Gasteiger partial charge in [-0.05, 0) is 38.5 Å². The topological polar surface area (TPSA) is 84.5 Å². The molecule has 2 saturated heterocycles. The first-order valence-electron chi connectivity index (χ1n) is 8.12. The molecule has 7 nitrogen and oxygen atoms in total. The minimum absolute atomic E-state index is 0.204. The largest absolute Gasteiger partial charge is 0.390 e. The number of aliphatic hydroxyl groups is 1. The highest BCUT2D eigenvalue weighted by molar-refractivity contribution is 5.92. The highest BCUT2D eigenvalue weighted by atomic mass is 16.3. The molecule has 0 bridgehead atoms. The van der Waals surface area contributed by atoms with E-state index in [1.807, 2.05) is 0 Å². The van der Waals surface area contributed by atoms with Crippen molar-refractivity contribution in [2.45, 2.75) is 38.0 Å². The van der Waals surface area contributed by atoms with Gasteiger partial charge in [0.2, 0.25) is 0 Å². The summed E-state index contributed by atoms with van der Waals surface area (Å²) in [6.07, 6.45) is 3.33. The highest BCUT2D eigenvalue weighted by Gasteiger charge is 2.37. The summed E-state index contributed by atoms with van der Waals surface area (Å²) in [5.41, 5.74) is 0.432. The number of nitrogens with one attached hydrogen (secondary N) is 2. The number of piperidine rings is 1. The van der Waals surface area contributed by atoms with Gasteiger partial charge >= 0.3 is 0 Å². The Morgan fingerprint density at radius 1 is 1.45 bits per heavy atom.